The second-order valence-corrected chi connectivity index (χ2v) is 6.06. The second-order valence-electron chi connectivity index (χ2n) is 5.04. The predicted molar refractivity (Wildman–Crippen MR) is 74.8 cm³/mol. The van der Waals surface area contributed by atoms with E-state index in [1.807, 2.05) is 6.07 Å². The lowest BCUT2D eigenvalue weighted by molar-refractivity contribution is 0.350. The molecule has 3 rings (SSSR count). The van der Waals surface area contributed by atoms with E-state index in [-0.39, 0.29) is 17.8 Å². The average Bonchev–Trinajstić information content (AvgIpc) is 3.06. The van der Waals surface area contributed by atoms with Crippen LogP contribution in [0.5, 0.6) is 0 Å². The summed E-state index contributed by atoms with van der Waals surface area (Å²) in [6.45, 7) is 0. The molecule has 20 heavy (non-hydrogen) atoms. The molecule has 0 aliphatic heterocycles. The number of hydrogen-bond donors (Lipinski definition) is 1. The Morgan fingerprint density at radius 1 is 1.35 bits per heavy atom. The number of aromatic nitrogens is 2. The standard InChI is InChI=1S/C14H16FN3OS/c15-11-3-1-2-4-12(11)20-8-13-17-14(19-18-13)9-5-6-10(16)7-9/h1-4,9-10H,5-8,16H2/t9-,10+/m1/s1. The summed E-state index contributed by atoms with van der Waals surface area (Å²) in [5.41, 5.74) is 5.88. The van der Waals surface area contributed by atoms with Crippen molar-refractivity contribution in [1.82, 2.24) is 10.1 Å². The van der Waals surface area contributed by atoms with Gasteiger partial charge in [0.25, 0.3) is 0 Å². The average molecular weight is 293 g/mol. The fraction of sp³-hybridized carbons (Fsp3) is 0.429. The Balaban J connectivity index is 1.62. The molecule has 1 heterocycles. The van der Waals surface area contributed by atoms with Crippen molar-refractivity contribution >= 4 is 11.8 Å². The van der Waals surface area contributed by atoms with Crippen molar-refractivity contribution in [3.05, 3.63) is 41.8 Å². The van der Waals surface area contributed by atoms with E-state index in [4.69, 9.17) is 10.3 Å². The predicted octanol–water partition coefficient (Wildman–Crippen LogP) is 3.10. The zero-order chi connectivity index (χ0) is 13.9. The summed E-state index contributed by atoms with van der Waals surface area (Å²) < 4.78 is 18.8. The Morgan fingerprint density at radius 2 is 2.20 bits per heavy atom. The molecule has 2 aromatic rings. The van der Waals surface area contributed by atoms with E-state index in [1.54, 1.807) is 12.1 Å². The number of rotatable bonds is 4. The first kappa shape index (κ1) is 13.6. The molecule has 0 spiro atoms. The molecule has 106 valence electrons. The maximum atomic E-state index is 13.5. The molecule has 2 atom stereocenters. The molecule has 1 aromatic carbocycles. The van der Waals surface area contributed by atoms with Gasteiger partial charge in [0, 0.05) is 16.9 Å². The zero-order valence-corrected chi connectivity index (χ0v) is 11.8. The number of benzene rings is 1. The molecule has 1 aliphatic carbocycles. The Kier molecular flexibility index (Phi) is 4.03. The molecular formula is C14H16FN3OS. The van der Waals surface area contributed by atoms with Crippen LogP contribution in [0.15, 0.2) is 33.7 Å². The third kappa shape index (κ3) is 3.02. The van der Waals surface area contributed by atoms with Crippen LogP contribution >= 0.6 is 11.8 Å². The molecule has 1 fully saturated rings. The minimum Gasteiger partial charge on any atom is -0.339 e. The van der Waals surface area contributed by atoms with Crippen LogP contribution in [0.3, 0.4) is 0 Å². The molecule has 0 unspecified atom stereocenters. The first-order chi connectivity index (χ1) is 9.72. The van der Waals surface area contributed by atoms with Crippen LogP contribution < -0.4 is 5.73 Å². The van der Waals surface area contributed by atoms with Gasteiger partial charge in [-0.3, -0.25) is 0 Å². The molecular weight excluding hydrogens is 277 g/mol. The van der Waals surface area contributed by atoms with Crippen LogP contribution in [0.1, 0.15) is 36.9 Å². The Hall–Kier alpha value is -1.40. The number of nitrogens with zero attached hydrogens (tertiary/aromatic N) is 2. The van der Waals surface area contributed by atoms with Gasteiger partial charge >= 0.3 is 0 Å². The van der Waals surface area contributed by atoms with Crippen molar-refractivity contribution in [2.45, 2.75) is 41.9 Å². The highest BCUT2D eigenvalue weighted by molar-refractivity contribution is 7.98. The summed E-state index contributed by atoms with van der Waals surface area (Å²) in [4.78, 5) is 4.99. The SMILES string of the molecule is N[C@H]1CC[C@@H](c2nc(CSc3ccccc3F)no2)C1. The monoisotopic (exact) mass is 293 g/mol. The van der Waals surface area contributed by atoms with Crippen molar-refractivity contribution in [2.24, 2.45) is 5.73 Å². The maximum Gasteiger partial charge on any atom is 0.229 e. The number of halogens is 1. The maximum absolute atomic E-state index is 13.5. The molecule has 0 radical (unpaired) electrons. The molecule has 1 saturated carbocycles. The van der Waals surface area contributed by atoms with Crippen LogP contribution in [-0.4, -0.2) is 16.2 Å². The first-order valence-electron chi connectivity index (χ1n) is 6.68. The van der Waals surface area contributed by atoms with E-state index in [2.05, 4.69) is 10.1 Å². The molecule has 0 amide bonds. The fourth-order valence-corrected chi connectivity index (χ4v) is 3.22. The molecule has 2 N–H and O–H groups in total. The van der Waals surface area contributed by atoms with Gasteiger partial charge in [-0.1, -0.05) is 17.3 Å². The Bertz CT molecular complexity index is 589. The highest BCUT2D eigenvalue weighted by Crippen LogP contribution is 2.33. The van der Waals surface area contributed by atoms with Gasteiger partial charge in [0.05, 0.1) is 5.75 Å². The molecule has 4 nitrogen and oxygen atoms in total. The minimum atomic E-state index is -0.219. The lowest BCUT2D eigenvalue weighted by Crippen LogP contribution is -2.14. The first-order valence-corrected chi connectivity index (χ1v) is 7.66. The largest absolute Gasteiger partial charge is 0.339 e. The summed E-state index contributed by atoms with van der Waals surface area (Å²) >= 11 is 1.37. The molecule has 1 aromatic heterocycles. The van der Waals surface area contributed by atoms with Crippen molar-refractivity contribution < 1.29 is 8.91 Å². The van der Waals surface area contributed by atoms with Crippen molar-refractivity contribution in [3.63, 3.8) is 0 Å². The lowest BCUT2D eigenvalue weighted by atomic mass is 10.1. The summed E-state index contributed by atoms with van der Waals surface area (Å²) in [5.74, 6) is 1.84. The number of hydrogen-bond acceptors (Lipinski definition) is 5. The van der Waals surface area contributed by atoms with Crippen LogP contribution in [0.2, 0.25) is 0 Å². The van der Waals surface area contributed by atoms with E-state index in [0.717, 1.165) is 19.3 Å². The highest BCUT2D eigenvalue weighted by Gasteiger charge is 2.27. The van der Waals surface area contributed by atoms with Crippen LogP contribution in [-0.2, 0) is 5.75 Å². The summed E-state index contributed by atoms with van der Waals surface area (Å²) in [6, 6.07) is 6.92. The topological polar surface area (TPSA) is 64.9 Å². The van der Waals surface area contributed by atoms with Gasteiger partial charge in [-0.2, -0.15) is 4.98 Å². The summed E-state index contributed by atoms with van der Waals surface area (Å²) in [7, 11) is 0. The van der Waals surface area contributed by atoms with Gasteiger partial charge in [-0.05, 0) is 31.4 Å². The van der Waals surface area contributed by atoms with E-state index in [9.17, 15) is 4.39 Å². The minimum absolute atomic E-state index is 0.219. The van der Waals surface area contributed by atoms with E-state index >= 15 is 0 Å². The van der Waals surface area contributed by atoms with Gasteiger partial charge in [0.15, 0.2) is 5.82 Å². The second kappa shape index (κ2) is 5.93. The summed E-state index contributed by atoms with van der Waals surface area (Å²) in [5, 5.41) is 3.96. The smallest absolute Gasteiger partial charge is 0.229 e. The quantitative estimate of drug-likeness (QED) is 0.877. The van der Waals surface area contributed by atoms with Gasteiger partial charge in [0.2, 0.25) is 5.89 Å². The van der Waals surface area contributed by atoms with Gasteiger partial charge < -0.3 is 10.3 Å². The van der Waals surface area contributed by atoms with Gasteiger partial charge in [-0.25, -0.2) is 4.39 Å². The van der Waals surface area contributed by atoms with Crippen LogP contribution in [0, 0.1) is 5.82 Å². The van der Waals surface area contributed by atoms with Crippen LogP contribution in [0.25, 0.3) is 0 Å². The zero-order valence-electron chi connectivity index (χ0n) is 11.0. The highest BCUT2D eigenvalue weighted by atomic mass is 32.2. The van der Waals surface area contributed by atoms with Crippen molar-refractivity contribution in [3.8, 4) is 0 Å². The fourth-order valence-electron chi connectivity index (χ4n) is 2.44. The third-order valence-corrected chi connectivity index (χ3v) is 4.54. The Morgan fingerprint density at radius 3 is 2.95 bits per heavy atom. The Labute approximate surface area is 120 Å². The van der Waals surface area contributed by atoms with Crippen molar-refractivity contribution in [1.29, 1.82) is 0 Å². The molecule has 6 heteroatoms. The molecule has 0 bridgehead atoms. The number of nitrogens with two attached hydrogens (primary N) is 1. The van der Waals surface area contributed by atoms with Gasteiger partial charge in [-0.15, -0.1) is 11.8 Å². The van der Waals surface area contributed by atoms with Gasteiger partial charge in [0.1, 0.15) is 5.82 Å². The van der Waals surface area contributed by atoms with E-state index < -0.39 is 0 Å². The van der Waals surface area contributed by atoms with Crippen LogP contribution in [0.4, 0.5) is 4.39 Å². The number of thioether (sulfide) groups is 1. The van der Waals surface area contributed by atoms with E-state index in [1.165, 1.54) is 17.8 Å². The lowest BCUT2D eigenvalue weighted by Gasteiger charge is -2.01. The van der Waals surface area contributed by atoms with Crippen molar-refractivity contribution in [2.75, 3.05) is 0 Å². The van der Waals surface area contributed by atoms with E-state index in [0.29, 0.717) is 22.4 Å². The third-order valence-electron chi connectivity index (χ3n) is 3.50. The molecule has 0 saturated heterocycles. The normalized spacial score (nSPS) is 22.3. The molecule has 1 aliphatic rings. The summed E-state index contributed by atoms with van der Waals surface area (Å²) in [6.07, 6.45) is 2.91.